The second-order valence-corrected chi connectivity index (χ2v) is 7.13. The van der Waals surface area contributed by atoms with Gasteiger partial charge >= 0.3 is 0 Å². The van der Waals surface area contributed by atoms with E-state index in [0.29, 0.717) is 5.56 Å². The maximum Gasteiger partial charge on any atom is 0.250 e. The lowest BCUT2D eigenvalue weighted by Gasteiger charge is -2.27. The van der Waals surface area contributed by atoms with E-state index in [-0.39, 0.29) is 0 Å². The molecule has 4 nitrogen and oxygen atoms in total. The zero-order valence-electron chi connectivity index (χ0n) is 18.6. The lowest BCUT2D eigenvalue weighted by Crippen LogP contribution is -2.13. The molecule has 0 atom stereocenters. The summed E-state index contributed by atoms with van der Waals surface area (Å²) in [5.74, 6) is 1.37. The summed E-state index contributed by atoms with van der Waals surface area (Å²) in [7, 11) is 0. The standard InChI is InChI=1S/C13H22.C10H9N3O.C2H6/c1-4-6-12(5-2)13-9-7-11(3)8-10-13;11-10(14)9-6-13-5-8(9)7-1-3-12-4-2-7;1-2/h4-6,11,13H,7-10H2,1-3H3;1-6,13H,(H2,11,14);1-2H3/b6-4-,12-5+;;. The van der Waals surface area contributed by atoms with Crippen molar-refractivity contribution in [1.82, 2.24) is 9.97 Å². The first-order chi connectivity index (χ1) is 14.1. The summed E-state index contributed by atoms with van der Waals surface area (Å²) in [5, 5.41) is 0. The number of hydrogen-bond acceptors (Lipinski definition) is 2. The topological polar surface area (TPSA) is 71.8 Å². The number of hydrogen-bond donors (Lipinski definition) is 2. The molecule has 4 heteroatoms. The number of aromatic nitrogens is 2. The summed E-state index contributed by atoms with van der Waals surface area (Å²) in [6.07, 6.45) is 19.0. The van der Waals surface area contributed by atoms with Gasteiger partial charge in [0.25, 0.3) is 5.91 Å². The van der Waals surface area contributed by atoms with Crippen molar-refractivity contribution in [3.63, 3.8) is 0 Å². The Morgan fingerprint density at radius 2 is 1.72 bits per heavy atom. The van der Waals surface area contributed by atoms with Crippen molar-refractivity contribution in [1.29, 1.82) is 0 Å². The van der Waals surface area contributed by atoms with Crippen LogP contribution in [0.4, 0.5) is 0 Å². The Hall–Kier alpha value is -2.62. The molecular formula is C25H37N3O. The summed E-state index contributed by atoms with van der Waals surface area (Å²) in [6, 6.07) is 3.66. The van der Waals surface area contributed by atoms with Gasteiger partial charge in [-0.2, -0.15) is 0 Å². The van der Waals surface area contributed by atoms with Crippen LogP contribution in [0.25, 0.3) is 11.1 Å². The summed E-state index contributed by atoms with van der Waals surface area (Å²) in [6.45, 7) is 10.6. The van der Waals surface area contributed by atoms with Gasteiger partial charge in [0.05, 0.1) is 5.56 Å². The van der Waals surface area contributed by atoms with E-state index in [2.05, 4.69) is 49.0 Å². The SMILES string of the molecule is C/C=C\C(=C/C)C1CCC(C)CC1.CC.NC(=O)c1c[nH]cc1-c1ccncc1. The smallest absolute Gasteiger partial charge is 0.250 e. The Bertz CT molecular complexity index is 766. The molecule has 0 aromatic carbocycles. The Labute approximate surface area is 176 Å². The van der Waals surface area contributed by atoms with Gasteiger partial charge in [0, 0.05) is 30.4 Å². The molecule has 1 aliphatic rings. The van der Waals surface area contributed by atoms with Gasteiger partial charge in [0.15, 0.2) is 0 Å². The van der Waals surface area contributed by atoms with Crippen LogP contribution in [0, 0.1) is 11.8 Å². The minimum Gasteiger partial charge on any atom is -0.366 e. The monoisotopic (exact) mass is 395 g/mol. The third-order valence-corrected chi connectivity index (χ3v) is 5.18. The van der Waals surface area contributed by atoms with Crippen molar-refractivity contribution in [3.05, 3.63) is 66.3 Å². The molecular weight excluding hydrogens is 358 g/mol. The first-order valence-electron chi connectivity index (χ1n) is 10.7. The van der Waals surface area contributed by atoms with Crippen molar-refractivity contribution in [2.24, 2.45) is 17.6 Å². The number of nitrogens with zero attached hydrogens (tertiary/aromatic N) is 1. The minimum atomic E-state index is -0.432. The molecule has 29 heavy (non-hydrogen) atoms. The van der Waals surface area contributed by atoms with Crippen LogP contribution < -0.4 is 5.73 Å². The minimum absolute atomic E-state index is 0.432. The van der Waals surface area contributed by atoms with Gasteiger partial charge in [-0.15, -0.1) is 0 Å². The lowest BCUT2D eigenvalue weighted by atomic mass is 9.79. The Balaban J connectivity index is 0.000000268. The lowest BCUT2D eigenvalue weighted by molar-refractivity contribution is 0.100. The molecule has 1 fully saturated rings. The van der Waals surface area contributed by atoms with Gasteiger partial charge in [0.1, 0.15) is 0 Å². The first kappa shape index (κ1) is 24.4. The highest BCUT2D eigenvalue weighted by Crippen LogP contribution is 2.33. The highest BCUT2D eigenvalue weighted by atomic mass is 16.1. The van der Waals surface area contributed by atoms with Crippen molar-refractivity contribution >= 4 is 5.91 Å². The van der Waals surface area contributed by atoms with Crippen LogP contribution in [-0.4, -0.2) is 15.9 Å². The van der Waals surface area contributed by atoms with Crippen LogP contribution in [-0.2, 0) is 0 Å². The molecule has 2 aromatic heterocycles. The number of primary amides is 1. The quantitative estimate of drug-likeness (QED) is 0.577. The Kier molecular flexibility index (Phi) is 11.4. The number of aromatic amines is 1. The molecule has 0 radical (unpaired) electrons. The van der Waals surface area contributed by atoms with Crippen molar-refractivity contribution in [2.45, 2.75) is 60.3 Å². The van der Waals surface area contributed by atoms with Crippen LogP contribution >= 0.6 is 0 Å². The van der Waals surface area contributed by atoms with E-state index in [4.69, 9.17) is 5.73 Å². The van der Waals surface area contributed by atoms with Crippen LogP contribution in [0.3, 0.4) is 0 Å². The number of carbonyl (C=O) groups excluding carboxylic acids is 1. The van der Waals surface area contributed by atoms with E-state index in [1.54, 1.807) is 30.4 Å². The van der Waals surface area contributed by atoms with Gasteiger partial charge in [-0.1, -0.05) is 51.8 Å². The molecule has 0 spiro atoms. The second-order valence-electron chi connectivity index (χ2n) is 7.13. The van der Waals surface area contributed by atoms with E-state index < -0.39 is 5.91 Å². The number of rotatable bonds is 4. The predicted molar refractivity (Wildman–Crippen MR) is 124 cm³/mol. The summed E-state index contributed by atoms with van der Waals surface area (Å²) >= 11 is 0. The molecule has 0 aliphatic heterocycles. The zero-order chi connectivity index (χ0) is 21.6. The van der Waals surface area contributed by atoms with E-state index in [9.17, 15) is 4.79 Å². The maximum atomic E-state index is 11.0. The van der Waals surface area contributed by atoms with Crippen LogP contribution in [0.1, 0.15) is 70.7 Å². The number of allylic oxidation sites excluding steroid dienone is 4. The number of nitrogens with two attached hydrogens (primary N) is 1. The number of pyridine rings is 1. The van der Waals surface area contributed by atoms with E-state index in [1.807, 2.05) is 26.0 Å². The predicted octanol–water partition coefficient (Wildman–Crippen LogP) is 6.54. The molecule has 2 heterocycles. The van der Waals surface area contributed by atoms with Gasteiger partial charge in [-0.3, -0.25) is 9.78 Å². The molecule has 158 valence electrons. The molecule has 1 aliphatic carbocycles. The van der Waals surface area contributed by atoms with Crippen LogP contribution in [0.5, 0.6) is 0 Å². The normalized spacial score (nSPS) is 19.0. The number of H-pyrrole nitrogens is 1. The van der Waals surface area contributed by atoms with Crippen LogP contribution in [0.2, 0.25) is 0 Å². The number of nitrogens with one attached hydrogen (secondary N) is 1. The van der Waals surface area contributed by atoms with Crippen molar-refractivity contribution < 1.29 is 4.79 Å². The molecule has 0 saturated heterocycles. The number of carbonyl (C=O) groups is 1. The summed E-state index contributed by atoms with van der Waals surface area (Å²) in [4.78, 5) is 17.8. The summed E-state index contributed by atoms with van der Waals surface area (Å²) < 4.78 is 0. The molecule has 1 amide bonds. The average Bonchev–Trinajstić information content (AvgIpc) is 3.26. The average molecular weight is 396 g/mol. The molecule has 0 unspecified atom stereocenters. The Morgan fingerprint density at radius 3 is 2.24 bits per heavy atom. The zero-order valence-corrected chi connectivity index (χ0v) is 18.6. The third-order valence-electron chi connectivity index (χ3n) is 5.18. The fourth-order valence-corrected chi connectivity index (χ4v) is 3.59. The fraction of sp³-hybridized carbons (Fsp3) is 0.440. The van der Waals surface area contributed by atoms with Gasteiger partial charge in [-0.05, 0) is 61.8 Å². The van der Waals surface area contributed by atoms with Crippen molar-refractivity contribution in [3.8, 4) is 11.1 Å². The van der Waals surface area contributed by atoms with Gasteiger partial charge < -0.3 is 10.7 Å². The first-order valence-corrected chi connectivity index (χ1v) is 10.7. The Morgan fingerprint density at radius 1 is 1.10 bits per heavy atom. The molecule has 1 saturated carbocycles. The second kappa shape index (κ2) is 13.5. The molecule has 0 bridgehead atoms. The largest absolute Gasteiger partial charge is 0.366 e. The number of amides is 1. The molecule has 2 aromatic rings. The van der Waals surface area contributed by atoms with E-state index in [1.165, 1.54) is 25.7 Å². The molecule has 3 N–H and O–H groups in total. The van der Waals surface area contributed by atoms with E-state index >= 15 is 0 Å². The van der Waals surface area contributed by atoms with Crippen LogP contribution in [0.15, 0.2) is 60.7 Å². The third kappa shape index (κ3) is 7.72. The van der Waals surface area contributed by atoms with Gasteiger partial charge in [-0.25, -0.2) is 0 Å². The van der Waals surface area contributed by atoms with E-state index in [0.717, 1.165) is 23.0 Å². The summed E-state index contributed by atoms with van der Waals surface area (Å²) in [5.41, 5.74) is 9.00. The highest BCUT2D eigenvalue weighted by molar-refractivity contribution is 5.99. The highest BCUT2D eigenvalue weighted by Gasteiger charge is 2.19. The maximum absolute atomic E-state index is 11.0. The molecule has 3 rings (SSSR count). The fourth-order valence-electron chi connectivity index (χ4n) is 3.59. The van der Waals surface area contributed by atoms with Gasteiger partial charge in [0.2, 0.25) is 0 Å². The van der Waals surface area contributed by atoms with Crippen molar-refractivity contribution in [2.75, 3.05) is 0 Å².